The number of hydrogen-bond donors (Lipinski definition) is 2. The fraction of sp³-hybridized carbons (Fsp3) is 0.533. The highest BCUT2D eigenvalue weighted by Gasteiger charge is 2.05. The monoisotopic (exact) mass is 248 g/mol. The van der Waals surface area contributed by atoms with Crippen LogP contribution in [0.25, 0.3) is 0 Å². The first-order valence-corrected chi connectivity index (χ1v) is 6.57. The second-order valence-electron chi connectivity index (χ2n) is 5.37. The Morgan fingerprint density at radius 3 is 2.22 bits per heavy atom. The minimum Gasteiger partial charge on any atom is -0.370 e. The molecule has 0 saturated heterocycles. The van der Waals surface area contributed by atoms with Gasteiger partial charge in [-0.1, -0.05) is 38.1 Å². The van der Waals surface area contributed by atoms with E-state index in [9.17, 15) is 4.79 Å². The highest BCUT2D eigenvalue weighted by molar-refractivity contribution is 5.74. The second kappa shape index (κ2) is 7.17. The molecule has 100 valence electrons. The summed E-state index contributed by atoms with van der Waals surface area (Å²) in [4.78, 5) is 10.8. The summed E-state index contributed by atoms with van der Waals surface area (Å²) in [7, 11) is 0. The third-order valence-corrected chi connectivity index (χ3v) is 2.83. The van der Waals surface area contributed by atoms with E-state index < -0.39 is 0 Å². The molecule has 1 atom stereocenters. The Morgan fingerprint density at radius 2 is 1.72 bits per heavy atom. The zero-order valence-corrected chi connectivity index (χ0v) is 11.6. The first kappa shape index (κ1) is 14.7. The number of hydrogen-bond acceptors (Lipinski definition) is 2. The summed E-state index contributed by atoms with van der Waals surface area (Å²) >= 11 is 0. The van der Waals surface area contributed by atoms with Crippen molar-refractivity contribution >= 4 is 5.91 Å². The maximum atomic E-state index is 10.8. The van der Waals surface area contributed by atoms with E-state index in [0.717, 1.165) is 13.0 Å². The van der Waals surface area contributed by atoms with Crippen molar-refractivity contribution in [2.45, 2.75) is 46.2 Å². The Labute approximate surface area is 110 Å². The third-order valence-electron chi connectivity index (χ3n) is 2.83. The van der Waals surface area contributed by atoms with Crippen LogP contribution in [0.1, 0.15) is 38.3 Å². The molecule has 1 unspecified atom stereocenters. The van der Waals surface area contributed by atoms with Crippen molar-refractivity contribution in [3.63, 3.8) is 0 Å². The van der Waals surface area contributed by atoms with Crippen LogP contribution in [0.15, 0.2) is 24.3 Å². The minimum atomic E-state index is -0.262. The van der Waals surface area contributed by atoms with Crippen molar-refractivity contribution in [1.29, 1.82) is 0 Å². The molecule has 3 heteroatoms. The number of carbonyl (C=O) groups is 1. The summed E-state index contributed by atoms with van der Waals surface area (Å²) < 4.78 is 0. The van der Waals surface area contributed by atoms with Crippen LogP contribution in [0, 0.1) is 5.92 Å². The van der Waals surface area contributed by atoms with Crippen LogP contribution in [0.4, 0.5) is 0 Å². The van der Waals surface area contributed by atoms with E-state index >= 15 is 0 Å². The number of carbonyl (C=O) groups excluding carboxylic acids is 1. The van der Waals surface area contributed by atoms with Gasteiger partial charge >= 0.3 is 0 Å². The third kappa shape index (κ3) is 5.82. The van der Waals surface area contributed by atoms with Crippen LogP contribution in [0.3, 0.4) is 0 Å². The normalized spacial score (nSPS) is 12.7. The van der Waals surface area contributed by atoms with Gasteiger partial charge in [-0.25, -0.2) is 0 Å². The highest BCUT2D eigenvalue weighted by Crippen LogP contribution is 2.10. The first-order chi connectivity index (χ1) is 8.47. The number of amides is 1. The van der Waals surface area contributed by atoms with E-state index in [-0.39, 0.29) is 11.9 Å². The number of nitrogens with two attached hydrogens (primary N) is 1. The average molecular weight is 248 g/mol. The second-order valence-corrected chi connectivity index (χ2v) is 5.37. The molecule has 0 saturated carbocycles. The molecular formula is C15H24N2O. The van der Waals surface area contributed by atoms with Crippen molar-refractivity contribution in [2.75, 3.05) is 0 Å². The van der Waals surface area contributed by atoms with Crippen molar-refractivity contribution in [2.24, 2.45) is 11.7 Å². The van der Waals surface area contributed by atoms with Gasteiger partial charge in [-0.3, -0.25) is 4.79 Å². The lowest BCUT2D eigenvalue weighted by Gasteiger charge is -2.12. The molecule has 0 bridgehead atoms. The van der Waals surface area contributed by atoms with Gasteiger partial charge in [-0.15, -0.1) is 0 Å². The molecule has 3 nitrogen and oxygen atoms in total. The minimum absolute atomic E-state index is 0.123. The molecule has 1 aromatic carbocycles. The molecule has 0 aliphatic heterocycles. The molecule has 0 aromatic heterocycles. The molecule has 0 aliphatic rings. The summed E-state index contributed by atoms with van der Waals surface area (Å²) in [5, 5.41) is 3.29. The van der Waals surface area contributed by atoms with Gasteiger partial charge in [-0.2, -0.15) is 0 Å². The number of benzene rings is 1. The van der Waals surface area contributed by atoms with Gasteiger partial charge in [-0.05, 0) is 30.4 Å². The Hall–Kier alpha value is -1.35. The Kier molecular flexibility index (Phi) is 5.86. The van der Waals surface area contributed by atoms with Gasteiger partial charge < -0.3 is 11.1 Å². The fourth-order valence-corrected chi connectivity index (χ4v) is 1.93. The Morgan fingerprint density at radius 1 is 1.17 bits per heavy atom. The van der Waals surface area contributed by atoms with Crippen LogP contribution < -0.4 is 11.1 Å². The van der Waals surface area contributed by atoms with Crippen LogP contribution >= 0.6 is 0 Å². The summed E-state index contributed by atoms with van der Waals surface area (Å²) in [6.45, 7) is 7.19. The predicted molar refractivity (Wildman–Crippen MR) is 75.1 cm³/mol. The van der Waals surface area contributed by atoms with Crippen molar-refractivity contribution in [3.8, 4) is 0 Å². The van der Waals surface area contributed by atoms with Gasteiger partial charge in [0.2, 0.25) is 5.91 Å². The molecule has 1 amide bonds. The van der Waals surface area contributed by atoms with Gasteiger partial charge in [0, 0.05) is 19.0 Å². The zero-order chi connectivity index (χ0) is 13.5. The number of rotatable bonds is 7. The van der Waals surface area contributed by atoms with Gasteiger partial charge in [0.05, 0.1) is 0 Å². The predicted octanol–water partition coefficient (Wildman–Crippen LogP) is 2.24. The largest absolute Gasteiger partial charge is 0.370 e. The number of primary amides is 1. The van der Waals surface area contributed by atoms with E-state index in [2.05, 4.69) is 43.4 Å². The van der Waals surface area contributed by atoms with Crippen LogP contribution in [0.2, 0.25) is 0 Å². The van der Waals surface area contributed by atoms with Gasteiger partial charge in [0.1, 0.15) is 0 Å². The lowest BCUT2D eigenvalue weighted by molar-refractivity contribution is -0.118. The molecule has 0 fully saturated rings. The SMILES string of the molecule is CC(C)Cc1ccc(CNC(C)CC(N)=O)cc1. The molecule has 1 rings (SSSR count). The van der Waals surface area contributed by atoms with Crippen LogP contribution in [-0.2, 0) is 17.8 Å². The van der Waals surface area contributed by atoms with Crippen molar-refractivity contribution < 1.29 is 4.79 Å². The molecule has 0 radical (unpaired) electrons. The summed E-state index contributed by atoms with van der Waals surface area (Å²) in [5.41, 5.74) is 7.76. The Bertz CT molecular complexity index is 371. The van der Waals surface area contributed by atoms with E-state index in [1.807, 2.05) is 6.92 Å². The van der Waals surface area contributed by atoms with E-state index in [1.54, 1.807) is 0 Å². The zero-order valence-electron chi connectivity index (χ0n) is 11.6. The van der Waals surface area contributed by atoms with Gasteiger partial charge in [0.15, 0.2) is 0 Å². The van der Waals surface area contributed by atoms with Crippen molar-refractivity contribution in [1.82, 2.24) is 5.32 Å². The van der Waals surface area contributed by atoms with Crippen molar-refractivity contribution in [3.05, 3.63) is 35.4 Å². The lowest BCUT2D eigenvalue weighted by atomic mass is 10.0. The number of nitrogens with one attached hydrogen (secondary N) is 1. The summed E-state index contributed by atoms with van der Waals surface area (Å²) in [6.07, 6.45) is 1.50. The average Bonchev–Trinajstić information content (AvgIpc) is 2.26. The maximum absolute atomic E-state index is 10.8. The molecule has 1 aromatic rings. The molecule has 0 aliphatic carbocycles. The molecule has 18 heavy (non-hydrogen) atoms. The summed E-state index contributed by atoms with van der Waals surface area (Å²) in [6, 6.07) is 8.76. The highest BCUT2D eigenvalue weighted by atomic mass is 16.1. The van der Waals surface area contributed by atoms with E-state index in [1.165, 1.54) is 11.1 Å². The first-order valence-electron chi connectivity index (χ1n) is 6.57. The van der Waals surface area contributed by atoms with Crippen LogP contribution in [0.5, 0.6) is 0 Å². The molecule has 0 spiro atoms. The maximum Gasteiger partial charge on any atom is 0.218 e. The van der Waals surface area contributed by atoms with Crippen LogP contribution in [-0.4, -0.2) is 11.9 Å². The molecular weight excluding hydrogens is 224 g/mol. The quantitative estimate of drug-likeness (QED) is 0.777. The van der Waals surface area contributed by atoms with E-state index in [0.29, 0.717) is 12.3 Å². The molecule has 3 N–H and O–H groups in total. The fourth-order valence-electron chi connectivity index (χ4n) is 1.93. The molecule has 0 heterocycles. The summed E-state index contributed by atoms with van der Waals surface area (Å²) in [5.74, 6) is 0.423. The standard InChI is InChI=1S/C15H24N2O/c1-11(2)8-13-4-6-14(7-5-13)10-17-12(3)9-15(16)18/h4-7,11-12,17H,8-10H2,1-3H3,(H2,16,18). The topological polar surface area (TPSA) is 55.1 Å². The van der Waals surface area contributed by atoms with E-state index in [4.69, 9.17) is 5.73 Å². The Balaban J connectivity index is 2.41. The lowest BCUT2D eigenvalue weighted by Crippen LogP contribution is -2.30. The smallest absolute Gasteiger partial charge is 0.218 e. The van der Waals surface area contributed by atoms with Gasteiger partial charge in [0.25, 0.3) is 0 Å².